The molecule has 0 heterocycles. The van der Waals surface area contributed by atoms with Crippen molar-refractivity contribution in [2.75, 3.05) is 19.5 Å². The van der Waals surface area contributed by atoms with Gasteiger partial charge in [0.25, 0.3) is 5.91 Å². The maximum Gasteiger partial charge on any atom is 0.255 e. The van der Waals surface area contributed by atoms with Gasteiger partial charge < -0.3 is 19.5 Å². The van der Waals surface area contributed by atoms with E-state index in [0.717, 1.165) is 16.9 Å². The Labute approximate surface area is 184 Å². The predicted molar refractivity (Wildman–Crippen MR) is 123 cm³/mol. The summed E-state index contributed by atoms with van der Waals surface area (Å²) >= 11 is 0. The average molecular weight is 420 g/mol. The molecule has 0 aliphatic rings. The number of benzene rings is 3. The smallest absolute Gasteiger partial charge is 0.255 e. The molecule has 1 amide bonds. The third-order valence-electron chi connectivity index (χ3n) is 4.95. The summed E-state index contributed by atoms with van der Waals surface area (Å²) < 4.78 is 16.8. The summed E-state index contributed by atoms with van der Waals surface area (Å²) in [5.41, 5.74) is 3.06. The molecule has 1 N–H and O–H groups in total. The van der Waals surface area contributed by atoms with Crippen LogP contribution in [0.4, 0.5) is 5.69 Å². The van der Waals surface area contributed by atoms with Gasteiger partial charge in [-0.2, -0.15) is 0 Å². The van der Waals surface area contributed by atoms with Gasteiger partial charge in [0, 0.05) is 22.9 Å². The van der Waals surface area contributed by atoms with E-state index in [0.29, 0.717) is 22.7 Å². The van der Waals surface area contributed by atoms with Crippen molar-refractivity contribution in [3.05, 3.63) is 83.4 Å². The number of carbonyl (C=O) groups is 1. The number of para-hydroxylation sites is 1. The van der Waals surface area contributed by atoms with E-state index in [1.54, 1.807) is 38.5 Å². The Balaban J connectivity index is 1.80. The standard InChI is InChI=1S/C26H29NO4/c1-26(2,3)22-11-6-7-12-24(22)31-17-19-15-18(13-14-23(19)30-5)25(28)27-20-9-8-10-21(16-20)29-4/h6-16H,17H2,1-5H3,(H,27,28). The van der Waals surface area contributed by atoms with E-state index in [1.807, 2.05) is 36.4 Å². The highest BCUT2D eigenvalue weighted by Gasteiger charge is 2.19. The number of hydrogen-bond donors (Lipinski definition) is 1. The third kappa shape index (κ3) is 5.57. The van der Waals surface area contributed by atoms with Gasteiger partial charge in [-0.3, -0.25) is 4.79 Å². The fourth-order valence-electron chi connectivity index (χ4n) is 3.30. The van der Waals surface area contributed by atoms with Gasteiger partial charge in [0.2, 0.25) is 0 Å². The van der Waals surface area contributed by atoms with Crippen LogP contribution in [0.3, 0.4) is 0 Å². The lowest BCUT2D eigenvalue weighted by molar-refractivity contribution is 0.102. The van der Waals surface area contributed by atoms with Crippen LogP contribution in [0.2, 0.25) is 0 Å². The zero-order chi connectivity index (χ0) is 22.4. The van der Waals surface area contributed by atoms with Gasteiger partial charge in [-0.05, 0) is 47.4 Å². The molecule has 3 rings (SSSR count). The first-order chi connectivity index (χ1) is 14.8. The van der Waals surface area contributed by atoms with Crippen molar-refractivity contribution in [1.82, 2.24) is 0 Å². The molecule has 0 aromatic heterocycles. The van der Waals surface area contributed by atoms with Crippen LogP contribution in [0, 0.1) is 0 Å². The molecule has 0 unspecified atom stereocenters. The highest BCUT2D eigenvalue weighted by molar-refractivity contribution is 6.04. The molecule has 0 fully saturated rings. The van der Waals surface area contributed by atoms with Gasteiger partial charge in [0.15, 0.2) is 0 Å². The number of hydrogen-bond acceptors (Lipinski definition) is 4. The van der Waals surface area contributed by atoms with Crippen molar-refractivity contribution in [3.8, 4) is 17.2 Å². The molecular formula is C26H29NO4. The van der Waals surface area contributed by atoms with Crippen LogP contribution in [0.1, 0.15) is 42.3 Å². The Kier molecular flexibility index (Phi) is 6.85. The minimum atomic E-state index is -0.216. The normalized spacial score (nSPS) is 11.0. The first-order valence-electron chi connectivity index (χ1n) is 10.2. The monoisotopic (exact) mass is 419 g/mol. The molecular weight excluding hydrogens is 390 g/mol. The van der Waals surface area contributed by atoms with E-state index in [1.165, 1.54) is 0 Å². The molecule has 0 atom stereocenters. The average Bonchev–Trinajstić information content (AvgIpc) is 2.77. The molecule has 0 bridgehead atoms. The lowest BCUT2D eigenvalue weighted by Crippen LogP contribution is -2.14. The van der Waals surface area contributed by atoms with Gasteiger partial charge in [0.1, 0.15) is 23.9 Å². The third-order valence-corrected chi connectivity index (χ3v) is 4.95. The van der Waals surface area contributed by atoms with Crippen molar-refractivity contribution in [2.24, 2.45) is 0 Å². The summed E-state index contributed by atoms with van der Waals surface area (Å²) in [6.07, 6.45) is 0. The van der Waals surface area contributed by atoms with E-state index < -0.39 is 0 Å². The fourth-order valence-corrected chi connectivity index (χ4v) is 3.30. The molecule has 3 aromatic rings. The molecule has 5 nitrogen and oxygen atoms in total. The Hall–Kier alpha value is -3.47. The second-order valence-corrected chi connectivity index (χ2v) is 8.25. The van der Waals surface area contributed by atoms with E-state index >= 15 is 0 Å². The summed E-state index contributed by atoms with van der Waals surface area (Å²) in [5.74, 6) is 1.96. The van der Waals surface area contributed by atoms with E-state index in [-0.39, 0.29) is 17.9 Å². The van der Waals surface area contributed by atoms with Crippen LogP contribution in [-0.2, 0) is 12.0 Å². The van der Waals surface area contributed by atoms with Crippen LogP contribution in [0.15, 0.2) is 66.7 Å². The highest BCUT2D eigenvalue weighted by atomic mass is 16.5. The molecule has 0 aliphatic carbocycles. The van der Waals surface area contributed by atoms with E-state index in [4.69, 9.17) is 14.2 Å². The molecule has 162 valence electrons. The molecule has 5 heteroatoms. The van der Waals surface area contributed by atoms with Crippen molar-refractivity contribution >= 4 is 11.6 Å². The topological polar surface area (TPSA) is 56.8 Å². The minimum Gasteiger partial charge on any atom is -0.497 e. The van der Waals surface area contributed by atoms with Crippen molar-refractivity contribution in [3.63, 3.8) is 0 Å². The summed E-state index contributed by atoms with van der Waals surface area (Å²) in [4.78, 5) is 12.8. The number of ether oxygens (including phenoxy) is 3. The molecule has 0 spiro atoms. The van der Waals surface area contributed by atoms with Crippen LogP contribution in [0.5, 0.6) is 17.2 Å². The molecule has 0 radical (unpaired) electrons. The van der Waals surface area contributed by atoms with Crippen molar-refractivity contribution in [2.45, 2.75) is 32.8 Å². The zero-order valence-corrected chi connectivity index (χ0v) is 18.7. The summed E-state index contributed by atoms with van der Waals surface area (Å²) in [7, 11) is 3.20. The molecule has 0 aliphatic heterocycles. The van der Waals surface area contributed by atoms with Gasteiger partial charge in [0.05, 0.1) is 14.2 Å². The van der Waals surface area contributed by atoms with Gasteiger partial charge in [-0.1, -0.05) is 45.0 Å². The number of carbonyl (C=O) groups excluding carboxylic acids is 1. The van der Waals surface area contributed by atoms with Crippen molar-refractivity contribution < 1.29 is 19.0 Å². The number of nitrogens with one attached hydrogen (secondary N) is 1. The summed E-state index contributed by atoms with van der Waals surface area (Å²) in [5, 5.41) is 2.90. The Morgan fingerprint density at radius 2 is 1.65 bits per heavy atom. The minimum absolute atomic E-state index is 0.0425. The van der Waals surface area contributed by atoms with Gasteiger partial charge in [-0.15, -0.1) is 0 Å². The molecule has 31 heavy (non-hydrogen) atoms. The highest BCUT2D eigenvalue weighted by Crippen LogP contribution is 2.32. The van der Waals surface area contributed by atoms with Crippen LogP contribution in [0.25, 0.3) is 0 Å². The Morgan fingerprint density at radius 1 is 0.871 bits per heavy atom. The predicted octanol–water partition coefficient (Wildman–Crippen LogP) is 5.83. The molecule has 0 saturated carbocycles. The van der Waals surface area contributed by atoms with Crippen LogP contribution < -0.4 is 19.5 Å². The zero-order valence-electron chi connectivity index (χ0n) is 18.7. The largest absolute Gasteiger partial charge is 0.497 e. The number of methoxy groups -OCH3 is 2. The first kappa shape index (κ1) is 22.2. The Morgan fingerprint density at radius 3 is 2.35 bits per heavy atom. The fraction of sp³-hybridized carbons (Fsp3) is 0.269. The molecule has 0 saturated heterocycles. The van der Waals surface area contributed by atoms with E-state index in [2.05, 4.69) is 32.2 Å². The van der Waals surface area contributed by atoms with Gasteiger partial charge >= 0.3 is 0 Å². The van der Waals surface area contributed by atoms with Crippen LogP contribution >= 0.6 is 0 Å². The Bertz CT molecular complexity index is 1050. The maximum absolute atomic E-state index is 12.8. The first-order valence-corrected chi connectivity index (χ1v) is 10.2. The lowest BCUT2D eigenvalue weighted by Gasteiger charge is -2.23. The lowest BCUT2D eigenvalue weighted by atomic mass is 9.86. The number of anilines is 1. The van der Waals surface area contributed by atoms with E-state index in [9.17, 15) is 4.79 Å². The van der Waals surface area contributed by atoms with Crippen LogP contribution in [-0.4, -0.2) is 20.1 Å². The summed E-state index contributed by atoms with van der Waals surface area (Å²) in [6.45, 7) is 6.74. The second-order valence-electron chi connectivity index (χ2n) is 8.25. The molecule has 3 aromatic carbocycles. The van der Waals surface area contributed by atoms with Crippen molar-refractivity contribution in [1.29, 1.82) is 0 Å². The number of rotatable bonds is 7. The second kappa shape index (κ2) is 9.56. The number of amides is 1. The van der Waals surface area contributed by atoms with Gasteiger partial charge in [-0.25, -0.2) is 0 Å². The SMILES string of the molecule is COc1cccc(NC(=O)c2ccc(OC)c(COc3ccccc3C(C)(C)C)c2)c1. The maximum atomic E-state index is 12.8. The quantitative estimate of drug-likeness (QED) is 0.523. The summed E-state index contributed by atoms with van der Waals surface area (Å²) in [6, 6.07) is 20.6.